The van der Waals surface area contributed by atoms with Gasteiger partial charge in [-0.1, -0.05) is 54.6 Å². The fourth-order valence-corrected chi connectivity index (χ4v) is 3.38. The van der Waals surface area contributed by atoms with Crippen LogP contribution in [0.25, 0.3) is 17.1 Å². The minimum absolute atomic E-state index is 0.178. The summed E-state index contributed by atoms with van der Waals surface area (Å²) in [5.41, 5.74) is 1.22. The van der Waals surface area contributed by atoms with Crippen molar-refractivity contribution in [3.05, 3.63) is 96.3 Å². The summed E-state index contributed by atoms with van der Waals surface area (Å²) in [6.45, 7) is 0. The average molecular weight is 521 g/mol. The van der Waals surface area contributed by atoms with Gasteiger partial charge in [-0.2, -0.15) is 13.2 Å². The monoisotopic (exact) mass is 521 g/mol. The number of esters is 1. The van der Waals surface area contributed by atoms with Crippen LogP contribution in [0.1, 0.15) is 17.2 Å². The van der Waals surface area contributed by atoms with Gasteiger partial charge in [0, 0.05) is 11.1 Å². The zero-order valence-corrected chi connectivity index (χ0v) is 18.7. The van der Waals surface area contributed by atoms with E-state index in [4.69, 9.17) is 4.74 Å². The van der Waals surface area contributed by atoms with Crippen LogP contribution < -0.4 is 4.74 Å². The molecule has 4 rings (SSSR count). The van der Waals surface area contributed by atoms with Crippen molar-refractivity contribution >= 4 is 5.97 Å². The maximum absolute atomic E-state index is 13.4. The summed E-state index contributed by atoms with van der Waals surface area (Å²) >= 11 is 0. The second kappa shape index (κ2) is 10.3. The van der Waals surface area contributed by atoms with Gasteiger partial charge in [0.25, 0.3) is 0 Å². The number of hydrogen-bond donors (Lipinski definition) is 0. The van der Waals surface area contributed by atoms with Gasteiger partial charge in [-0.05, 0) is 29.8 Å². The predicted molar refractivity (Wildman–Crippen MR) is 119 cm³/mol. The highest BCUT2D eigenvalue weighted by molar-refractivity contribution is 5.73. The Morgan fingerprint density at radius 2 is 1.51 bits per heavy atom. The first-order chi connectivity index (χ1) is 17.5. The third-order valence-corrected chi connectivity index (χ3v) is 5.04. The molecule has 1 atom stereocenters. The number of hydrogen-bond acceptors (Lipinski definition) is 5. The van der Waals surface area contributed by atoms with Crippen LogP contribution in [-0.2, 0) is 16.0 Å². The molecule has 0 aliphatic rings. The lowest BCUT2D eigenvalue weighted by Crippen LogP contribution is -2.26. The highest BCUT2D eigenvalue weighted by Crippen LogP contribution is 2.36. The van der Waals surface area contributed by atoms with Gasteiger partial charge >= 0.3 is 18.5 Å². The van der Waals surface area contributed by atoms with Crippen molar-refractivity contribution in [3.8, 4) is 22.8 Å². The molecule has 1 heterocycles. The van der Waals surface area contributed by atoms with Gasteiger partial charge in [0.2, 0.25) is 6.10 Å². The van der Waals surface area contributed by atoms with Crippen molar-refractivity contribution in [2.24, 2.45) is 0 Å². The second-order valence-electron chi connectivity index (χ2n) is 7.75. The normalized spacial score (nSPS) is 12.7. The van der Waals surface area contributed by atoms with Crippen LogP contribution in [0.2, 0.25) is 0 Å². The first-order valence-electron chi connectivity index (χ1n) is 10.7. The SMILES string of the molecule is O=C(Cc1ccc(-c2ncn(-c3ccc(OC(F)(F)F)cc3)n2)cc1)OC(c1ccccc1)C(F)(F)F. The molecule has 0 radical (unpaired) electrons. The van der Waals surface area contributed by atoms with E-state index in [1.807, 2.05) is 0 Å². The lowest BCUT2D eigenvalue weighted by molar-refractivity contribution is -0.274. The number of benzene rings is 3. The summed E-state index contributed by atoms with van der Waals surface area (Å²) in [6, 6.07) is 18.1. The summed E-state index contributed by atoms with van der Waals surface area (Å²) in [7, 11) is 0. The van der Waals surface area contributed by atoms with Gasteiger partial charge in [-0.3, -0.25) is 4.79 Å². The molecule has 0 fully saturated rings. The zero-order chi connectivity index (χ0) is 26.6. The molecule has 0 aliphatic carbocycles. The van der Waals surface area contributed by atoms with E-state index >= 15 is 0 Å². The third kappa shape index (κ3) is 6.87. The van der Waals surface area contributed by atoms with E-state index in [1.165, 1.54) is 59.5 Å². The topological polar surface area (TPSA) is 66.2 Å². The van der Waals surface area contributed by atoms with Crippen LogP contribution in [0.3, 0.4) is 0 Å². The second-order valence-corrected chi connectivity index (χ2v) is 7.75. The first kappa shape index (κ1) is 25.7. The van der Waals surface area contributed by atoms with E-state index in [9.17, 15) is 31.1 Å². The Labute approximate surface area is 206 Å². The minimum atomic E-state index is -4.80. The maximum atomic E-state index is 13.4. The Bertz CT molecular complexity index is 1340. The van der Waals surface area contributed by atoms with Crippen LogP contribution in [-0.4, -0.2) is 33.3 Å². The van der Waals surface area contributed by atoms with Crippen molar-refractivity contribution < 1.29 is 40.6 Å². The van der Waals surface area contributed by atoms with Crippen molar-refractivity contribution in [2.45, 2.75) is 25.1 Å². The number of ether oxygens (including phenoxy) is 2. The summed E-state index contributed by atoms with van der Waals surface area (Å²) < 4.78 is 87.1. The van der Waals surface area contributed by atoms with Crippen LogP contribution in [0, 0.1) is 0 Å². The largest absolute Gasteiger partial charge is 0.573 e. The minimum Gasteiger partial charge on any atom is -0.447 e. The van der Waals surface area contributed by atoms with E-state index in [2.05, 4.69) is 14.8 Å². The number of aromatic nitrogens is 3. The third-order valence-electron chi connectivity index (χ3n) is 5.04. The number of nitrogens with zero attached hydrogens (tertiary/aromatic N) is 3. The van der Waals surface area contributed by atoms with Crippen LogP contribution in [0.4, 0.5) is 26.3 Å². The molecule has 3 aromatic carbocycles. The number of halogens is 6. The lowest BCUT2D eigenvalue weighted by atomic mass is 10.1. The summed E-state index contributed by atoms with van der Waals surface area (Å²) in [4.78, 5) is 16.4. The van der Waals surface area contributed by atoms with Crippen molar-refractivity contribution in [1.82, 2.24) is 14.8 Å². The predicted octanol–water partition coefficient (Wildman–Crippen LogP) is 6.22. The van der Waals surface area contributed by atoms with Crippen LogP contribution in [0.15, 0.2) is 85.2 Å². The van der Waals surface area contributed by atoms with Gasteiger partial charge in [-0.15, -0.1) is 18.3 Å². The molecule has 0 N–H and O–H groups in total. The lowest BCUT2D eigenvalue weighted by Gasteiger charge is -2.21. The molecule has 1 aromatic heterocycles. The van der Waals surface area contributed by atoms with E-state index in [-0.39, 0.29) is 23.6 Å². The number of carbonyl (C=O) groups excluding carboxylic acids is 1. The highest BCUT2D eigenvalue weighted by atomic mass is 19.4. The molecule has 4 aromatic rings. The molecule has 0 bridgehead atoms. The van der Waals surface area contributed by atoms with E-state index in [0.29, 0.717) is 16.8 Å². The molecule has 0 amide bonds. The summed E-state index contributed by atoms with van der Waals surface area (Å²) in [5, 5.41) is 4.27. The van der Waals surface area contributed by atoms with Gasteiger partial charge in [-0.25, -0.2) is 9.67 Å². The number of carbonyl (C=O) groups is 1. The van der Waals surface area contributed by atoms with Gasteiger partial charge in [0.15, 0.2) is 5.82 Å². The van der Waals surface area contributed by atoms with Crippen molar-refractivity contribution in [3.63, 3.8) is 0 Å². The highest BCUT2D eigenvalue weighted by Gasteiger charge is 2.44. The van der Waals surface area contributed by atoms with Crippen LogP contribution >= 0.6 is 0 Å². The molecular formula is C25H17F6N3O3. The van der Waals surface area contributed by atoms with E-state index in [1.54, 1.807) is 18.2 Å². The Balaban J connectivity index is 1.41. The molecule has 6 nitrogen and oxygen atoms in total. The quantitative estimate of drug-likeness (QED) is 0.213. The Morgan fingerprint density at radius 3 is 2.11 bits per heavy atom. The van der Waals surface area contributed by atoms with E-state index in [0.717, 1.165) is 12.1 Å². The van der Waals surface area contributed by atoms with Crippen molar-refractivity contribution in [2.75, 3.05) is 0 Å². The smallest absolute Gasteiger partial charge is 0.447 e. The van der Waals surface area contributed by atoms with Gasteiger partial charge in [0.05, 0.1) is 12.1 Å². The summed E-state index contributed by atoms with van der Waals surface area (Å²) in [5.74, 6) is -1.14. The maximum Gasteiger partial charge on any atom is 0.573 e. The molecular weight excluding hydrogens is 504 g/mol. The molecule has 192 valence electrons. The molecule has 37 heavy (non-hydrogen) atoms. The Morgan fingerprint density at radius 1 is 0.865 bits per heavy atom. The van der Waals surface area contributed by atoms with Crippen LogP contribution in [0.5, 0.6) is 5.75 Å². The van der Waals surface area contributed by atoms with Crippen molar-refractivity contribution in [1.29, 1.82) is 0 Å². The van der Waals surface area contributed by atoms with E-state index < -0.39 is 24.6 Å². The molecule has 0 aliphatic heterocycles. The summed E-state index contributed by atoms with van der Waals surface area (Å²) in [6.07, 6.45) is -11.0. The average Bonchev–Trinajstić information content (AvgIpc) is 3.33. The van der Waals surface area contributed by atoms with Gasteiger partial charge < -0.3 is 9.47 Å². The fraction of sp³-hybridized carbons (Fsp3) is 0.160. The molecule has 1 unspecified atom stereocenters. The molecule has 0 saturated heterocycles. The Kier molecular flexibility index (Phi) is 7.18. The molecule has 12 heteroatoms. The standard InChI is InChI=1S/C25H17F6N3O3/c26-24(27,28)22(17-4-2-1-3-5-17)36-21(35)14-16-6-8-18(9-7-16)23-32-15-34(33-23)19-10-12-20(13-11-19)37-25(29,30)31/h1-13,15,22H,14H2. The first-order valence-corrected chi connectivity index (χ1v) is 10.7. The molecule has 0 saturated carbocycles. The van der Waals surface area contributed by atoms with Gasteiger partial charge in [0.1, 0.15) is 12.1 Å². The molecule has 0 spiro atoms. The number of alkyl halides is 6. The zero-order valence-electron chi connectivity index (χ0n) is 18.7. The fourth-order valence-electron chi connectivity index (χ4n) is 3.38. The number of rotatable bonds is 7. The Hall–Kier alpha value is -4.35.